The Bertz CT molecular complexity index is 914. The molecule has 0 saturated carbocycles. The summed E-state index contributed by atoms with van der Waals surface area (Å²) in [6.45, 7) is 0. The van der Waals surface area contributed by atoms with Crippen molar-refractivity contribution in [3.8, 4) is 11.6 Å². The van der Waals surface area contributed by atoms with Crippen LogP contribution in [-0.4, -0.2) is 29.9 Å². The molecule has 0 unspecified atom stereocenters. The molecule has 4 heterocycles. The number of aromatic nitrogens is 6. The van der Waals surface area contributed by atoms with Crippen LogP contribution in [0, 0.1) is 0 Å². The number of fused-ring (bicyclic) bond motifs is 1. The second kappa shape index (κ2) is 5.26. The van der Waals surface area contributed by atoms with Crippen LogP contribution in [0.3, 0.4) is 0 Å². The minimum absolute atomic E-state index is 0.440. The van der Waals surface area contributed by atoms with Crippen molar-refractivity contribution in [3.63, 3.8) is 0 Å². The summed E-state index contributed by atoms with van der Waals surface area (Å²) in [5.41, 5.74) is 0.791. The first-order valence-corrected chi connectivity index (χ1v) is 7.42. The molecule has 0 bridgehead atoms. The molecule has 0 fully saturated rings. The fourth-order valence-corrected chi connectivity index (χ4v) is 2.80. The lowest BCUT2D eigenvalue weighted by Gasteiger charge is -1.99. The van der Waals surface area contributed by atoms with E-state index in [1.54, 1.807) is 29.3 Å². The van der Waals surface area contributed by atoms with E-state index in [9.17, 15) is 0 Å². The Morgan fingerprint density at radius 2 is 2.27 bits per heavy atom. The van der Waals surface area contributed by atoms with E-state index in [4.69, 9.17) is 8.94 Å². The molecule has 0 aliphatic carbocycles. The maximum Gasteiger partial charge on any atom is 0.238 e. The number of hydrogen-bond acceptors (Lipinski definition) is 8. The average molecular weight is 314 g/mol. The molecule has 4 aromatic heterocycles. The summed E-state index contributed by atoms with van der Waals surface area (Å²) < 4.78 is 12.2. The predicted molar refractivity (Wildman–Crippen MR) is 77.9 cm³/mol. The van der Waals surface area contributed by atoms with Crippen LogP contribution in [0.25, 0.3) is 22.6 Å². The zero-order valence-electron chi connectivity index (χ0n) is 11.5. The van der Waals surface area contributed by atoms with Gasteiger partial charge in [-0.2, -0.15) is 10.1 Å². The van der Waals surface area contributed by atoms with E-state index in [1.165, 1.54) is 18.1 Å². The molecular formula is C13H10N6O2S. The Morgan fingerprint density at radius 1 is 1.32 bits per heavy atom. The second-order valence-corrected chi connectivity index (χ2v) is 5.43. The van der Waals surface area contributed by atoms with E-state index in [0.717, 1.165) is 16.1 Å². The van der Waals surface area contributed by atoms with Crippen molar-refractivity contribution in [1.29, 1.82) is 0 Å². The van der Waals surface area contributed by atoms with E-state index in [0.29, 0.717) is 23.2 Å². The highest BCUT2D eigenvalue weighted by molar-refractivity contribution is 7.98. The van der Waals surface area contributed by atoms with Crippen molar-refractivity contribution in [2.75, 3.05) is 0 Å². The largest absolute Gasteiger partial charge is 0.461 e. The number of aryl methyl sites for hydroxylation is 1. The summed E-state index contributed by atoms with van der Waals surface area (Å²) >= 11 is 1.50. The molecule has 8 nitrogen and oxygen atoms in total. The van der Waals surface area contributed by atoms with Crippen LogP contribution in [0.5, 0.6) is 0 Å². The van der Waals surface area contributed by atoms with Crippen LogP contribution in [-0.2, 0) is 12.8 Å². The molecule has 0 N–H and O–H groups in total. The Labute approximate surface area is 128 Å². The maximum absolute atomic E-state index is 5.23. The molecule has 0 aliphatic heterocycles. The van der Waals surface area contributed by atoms with Crippen LogP contribution in [0.15, 0.2) is 44.9 Å². The third-order valence-corrected chi connectivity index (χ3v) is 4.02. The summed E-state index contributed by atoms with van der Waals surface area (Å²) in [5, 5.41) is 9.81. The molecule has 0 atom stereocenters. The predicted octanol–water partition coefficient (Wildman–Crippen LogP) is 2.30. The van der Waals surface area contributed by atoms with Gasteiger partial charge in [-0.15, -0.1) is 0 Å². The topological polar surface area (TPSA) is 95.7 Å². The van der Waals surface area contributed by atoms with Crippen LogP contribution in [0.1, 0.15) is 5.89 Å². The van der Waals surface area contributed by atoms with Crippen LogP contribution in [0.2, 0.25) is 0 Å². The first kappa shape index (κ1) is 13.0. The Hall–Kier alpha value is -2.68. The van der Waals surface area contributed by atoms with E-state index >= 15 is 0 Å². The van der Waals surface area contributed by atoms with E-state index < -0.39 is 0 Å². The van der Waals surface area contributed by atoms with Gasteiger partial charge in [0.2, 0.25) is 11.7 Å². The maximum atomic E-state index is 5.23. The van der Waals surface area contributed by atoms with Gasteiger partial charge in [0.05, 0.1) is 23.6 Å². The molecule has 9 heteroatoms. The SMILES string of the molecule is Cn1ncc2c(SCc3nc(-c4ccco4)no3)ncnc21. The van der Waals surface area contributed by atoms with Crippen molar-refractivity contribution in [2.45, 2.75) is 10.8 Å². The fraction of sp³-hybridized carbons (Fsp3) is 0.154. The van der Waals surface area contributed by atoms with Crippen molar-refractivity contribution in [1.82, 2.24) is 29.9 Å². The lowest BCUT2D eigenvalue weighted by Crippen LogP contribution is -1.93. The monoisotopic (exact) mass is 314 g/mol. The van der Waals surface area contributed by atoms with Gasteiger partial charge in [0.25, 0.3) is 0 Å². The lowest BCUT2D eigenvalue weighted by molar-refractivity contribution is 0.390. The zero-order valence-corrected chi connectivity index (χ0v) is 12.3. The van der Waals surface area contributed by atoms with Crippen LogP contribution < -0.4 is 0 Å². The molecule has 0 aromatic carbocycles. The summed E-state index contributed by atoms with van der Waals surface area (Å²) in [7, 11) is 1.84. The zero-order chi connectivity index (χ0) is 14.9. The number of hydrogen-bond donors (Lipinski definition) is 0. The van der Waals surface area contributed by atoms with Gasteiger partial charge in [-0.1, -0.05) is 16.9 Å². The molecule has 0 radical (unpaired) electrons. The molecule has 4 rings (SSSR count). The van der Waals surface area contributed by atoms with E-state index in [-0.39, 0.29) is 0 Å². The van der Waals surface area contributed by atoms with Gasteiger partial charge in [0.1, 0.15) is 11.4 Å². The number of thioether (sulfide) groups is 1. The van der Waals surface area contributed by atoms with Gasteiger partial charge in [-0.3, -0.25) is 4.68 Å². The van der Waals surface area contributed by atoms with Crippen molar-refractivity contribution < 1.29 is 8.94 Å². The summed E-state index contributed by atoms with van der Waals surface area (Å²) in [4.78, 5) is 12.8. The van der Waals surface area contributed by atoms with Gasteiger partial charge >= 0.3 is 0 Å². The number of rotatable bonds is 4. The Morgan fingerprint density at radius 3 is 3.14 bits per heavy atom. The van der Waals surface area contributed by atoms with Gasteiger partial charge in [0, 0.05) is 7.05 Å². The first-order valence-electron chi connectivity index (χ1n) is 6.43. The Kier molecular flexibility index (Phi) is 3.11. The normalized spacial score (nSPS) is 11.3. The van der Waals surface area contributed by atoms with Gasteiger partial charge in [-0.05, 0) is 12.1 Å². The quantitative estimate of drug-likeness (QED) is 0.418. The van der Waals surface area contributed by atoms with E-state index in [2.05, 4.69) is 25.2 Å². The van der Waals surface area contributed by atoms with Crippen molar-refractivity contribution in [3.05, 3.63) is 36.8 Å². The van der Waals surface area contributed by atoms with Crippen molar-refractivity contribution in [2.24, 2.45) is 7.05 Å². The average Bonchev–Trinajstić information content (AvgIpc) is 3.26. The fourth-order valence-electron chi connectivity index (χ4n) is 2.01. The molecular weight excluding hydrogens is 304 g/mol. The third kappa shape index (κ3) is 2.25. The molecule has 110 valence electrons. The highest BCUT2D eigenvalue weighted by Gasteiger charge is 2.13. The minimum atomic E-state index is 0.440. The molecule has 0 spiro atoms. The molecule has 4 aromatic rings. The van der Waals surface area contributed by atoms with Crippen LogP contribution in [0.4, 0.5) is 0 Å². The summed E-state index contributed by atoms with van der Waals surface area (Å²) in [6, 6.07) is 3.56. The molecule has 0 saturated heterocycles. The van der Waals surface area contributed by atoms with Crippen molar-refractivity contribution >= 4 is 22.8 Å². The minimum Gasteiger partial charge on any atom is -0.461 e. The van der Waals surface area contributed by atoms with Gasteiger partial charge in [-0.25, -0.2) is 9.97 Å². The molecule has 0 aliphatic rings. The lowest BCUT2D eigenvalue weighted by atomic mass is 10.4. The van der Waals surface area contributed by atoms with Gasteiger partial charge < -0.3 is 8.94 Å². The second-order valence-electron chi connectivity index (χ2n) is 4.46. The molecule has 0 amide bonds. The Balaban J connectivity index is 1.55. The summed E-state index contributed by atoms with van der Waals surface area (Å²) in [5.74, 6) is 2.04. The first-order chi connectivity index (χ1) is 10.8. The highest BCUT2D eigenvalue weighted by Crippen LogP contribution is 2.27. The number of furan rings is 1. The standard InChI is InChI=1S/C13H10N6O2S/c1-19-12-8(5-16-19)13(15-7-14-12)22-6-10-17-11(18-21-10)9-3-2-4-20-9/h2-5,7H,6H2,1H3. The van der Waals surface area contributed by atoms with E-state index in [1.807, 2.05) is 7.05 Å². The summed E-state index contributed by atoms with van der Waals surface area (Å²) in [6.07, 6.45) is 4.84. The highest BCUT2D eigenvalue weighted by atomic mass is 32.2. The smallest absolute Gasteiger partial charge is 0.238 e. The number of nitrogens with zero attached hydrogens (tertiary/aromatic N) is 6. The van der Waals surface area contributed by atoms with Gasteiger partial charge in [0.15, 0.2) is 11.4 Å². The molecule has 22 heavy (non-hydrogen) atoms. The third-order valence-electron chi connectivity index (χ3n) is 3.03. The van der Waals surface area contributed by atoms with Crippen LogP contribution >= 0.6 is 11.8 Å².